The van der Waals surface area contributed by atoms with E-state index in [2.05, 4.69) is 27.7 Å². The summed E-state index contributed by atoms with van der Waals surface area (Å²) < 4.78 is 0. The second kappa shape index (κ2) is 16.4. The van der Waals surface area contributed by atoms with E-state index in [0.717, 1.165) is 11.8 Å². The van der Waals surface area contributed by atoms with Gasteiger partial charge in [0.25, 0.3) is 0 Å². The predicted octanol–water partition coefficient (Wildman–Crippen LogP) is 8.15. The monoisotopic (exact) mass is 296 g/mol. The van der Waals surface area contributed by atoms with Crippen molar-refractivity contribution >= 4 is 0 Å². The van der Waals surface area contributed by atoms with Crippen molar-refractivity contribution in [2.75, 3.05) is 0 Å². The highest BCUT2D eigenvalue weighted by atomic mass is 14.2. The molecule has 128 valence electrons. The Morgan fingerprint density at radius 3 is 1.57 bits per heavy atom. The number of rotatable bonds is 16. The van der Waals surface area contributed by atoms with E-state index in [1.165, 1.54) is 96.3 Å². The van der Waals surface area contributed by atoms with Crippen LogP contribution in [0.15, 0.2) is 0 Å². The lowest BCUT2D eigenvalue weighted by atomic mass is 9.86. The highest BCUT2D eigenvalue weighted by Gasteiger charge is 2.11. The molecule has 0 heterocycles. The van der Waals surface area contributed by atoms with Crippen LogP contribution in [-0.4, -0.2) is 0 Å². The molecule has 0 aliphatic carbocycles. The second-order valence-electron chi connectivity index (χ2n) is 7.37. The fraction of sp³-hybridized carbons (Fsp3) is 1.00. The third-order valence-electron chi connectivity index (χ3n) is 5.08. The summed E-state index contributed by atoms with van der Waals surface area (Å²) in [5.74, 6) is 1.96. The van der Waals surface area contributed by atoms with Gasteiger partial charge in [0.05, 0.1) is 0 Å². The topological polar surface area (TPSA) is 0 Å². The molecule has 0 aromatic carbocycles. The first-order valence-corrected chi connectivity index (χ1v) is 10.2. The minimum absolute atomic E-state index is 0.955. The molecular weight excluding hydrogens is 252 g/mol. The van der Waals surface area contributed by atoms with E-state index < -0.39 is 0 Å². The molecule has 0 saturated carbocycles. The Morgan fingerprint density at radius 1 is 0.571 bits per heavy atom. The molecule has 0 fully saturated rings. The van der Waals surface area contributed by atoms with E-state index in [9.17, 15) is 0 Å². The van der Waals surface area contributed by atoms with Crippen LogP contribution in [-0.2, 0) is 0 Å². The lowest BCUT2D eigenvalue weighted by Crippen LogP contribution is -2.06. The zero-order valence-corrected chi connectivity index (χ0v) is 15.8. The van der Waals surface area contributed by atoms with Crippen LogP contribution < -0.4 is 0 Å². The quantitative estimate of drug-likeness (QED) is 0.252. The number of hydrogen-bond donors (Lipinski definition) is 0. The minimum atomic E-state index is 0.955. The molecule has 0 heteroatoms. The SMILES string of the molecule is CCCCCCCCC(CC)CC(C)CCCCCCC. The highest BCUT2D eigenvalue weighted by Crippen LogP contribution is 2.25. The van der Waals surface area contributed by atoms with Crippen molar-refractivity contribution in [3.63, 3.8) is 0 Å². The van der Waals surface area contributed by atoms with Crippen LogP contribution in [0.4, 0.5) is 0 Å². The fourth-order valence-electron chi connectivity index (χ4n) is 3.49. The standard InChI is InChI=1S/C21H44/c1-5-8-10-12-14-16-18-21(7-3)19-20(4)17-15-13-11-9-6-2/h20-21H,5-19H2,1-4H3. The molecule has 0 saturated heterocycles. The molecule has 0 bridgehead atoms. The molecule has 0 aliphatic heterocycles. The van der Waals surface area contributed by atoms with Crippen molar-refractivity contribution in [1.29, 1.82) is 0 Å². The lowest BCUT2D eigenvalue weighted by molar-refractivity contribution is 0.329. The first kappa shape index (κ1) is 21.0. The zero-order chi connectivity index (χ0) is 15.8. The molecule has 0 amide bonds. The van der Waals surface area contributed by atoms with Crippen LogP contribution >= 0.6 is 0 Å². The normalized spacial score (nSPS) is 14.3. The van der Waals surface area contributed by atoms with Gasteiger partial charge in [-0.3, -0.25) is 0 Å². The Labute approximate surface area is 136 Å². The third-order valence-corrected chi connectivity index (χ3v) is 5.08. The molecule has 0 nitrogen and oxygen atoms in total. The van der Waals surface area contributed by atoms with E-state index in [-0.39, 0.29) is 0 Å². The molecule has 0 N–H and O–H groups in total. The van der Waals surface area contributed by atoms with Gasteiger partial charge in [-0.15, -0.1) is 0 Å². The van der Waals surface area contributed by atoms with Gasteiger partial charge in [0, 0.05) is 0 Å². The third kappa shape index (κ3) is 14.7. The van der Waals surface area contributed by atoms with Crippen LogP contribution in [0, 0.1) is 11.8 Å². The van der Waals surface area contributed by atoms with Gasteiger partial charge < -0.3 is 0 Å². The van der Waals surface area contributed by atoms with Gasteiger partial charge in [0.15, 0.2) is 0 Å². The first-order chi connectivity index (χ1) is 10.2. The summed E-state index contributed by atoms with van der Waals surface area (Å²) in [4.78, 5) is 0. The lowest BCUT2D eigenvalue weighted by Gasteiger charge is -2.19. The number of unbranched alkanes of at least 4 members (excludes halogenated alkanes) is 9. The van der Waals surface area contributed by atoms with Crippen molar-refractivity contribution in [3.05, 3.63) is 0 Å². The smallest absolute Gasteiger partial charge is 0.0414 e. The first-order valence-electron chi connectivity index (χ1n) is 10.2. The maximum atomic E-state index is 2.49. The van der Waals surface area contributed by atoms with Crippen LogP contribution in [0.3, 0.4) is 0 Å². The summed E-state index contributed by atoms with van der Waals surface area (Å²) in [5.41, 5.74) is 0. The summed E-state index contributed by atoms with van der Waals surface area (Å²) in [6.45, 7) is 9.49. The van der Waals surface area contributed by atoms with E-state index in [4.69, 9.17) is 0 Å². The summed E-state index contributed by atoms with van der Waals surface area (Å²) in [5, 5.41) is 0. The van der Waals surface area contributed by atoms with Crippen molar-refractivity contribution in [3.8, 4) is 0 Å². The molecule has 0 spiro atoms. The predicted molar refractivity (Wildman–Crippen MR) is 98.9 cm³/mol. The molecular formula is C21H44. The van der Waals surface area contributed by atoms with Crippen molar-refractivity contribution in [2.45, 2.75) is 124 Å². The molecule has 0 rings (SSSR count). The van der Waals surface area contributed by atoms with Gasteiger partial charge in [0.1, 0.15) is 0 Å². The molecule has 2 unspecified atom stereocenters. The Kier molecular flexibility index (Phi) is 16.4. The van der Waals surface area contributed by atoms with Crippen molar-refractivity contribution in [1.82, 2.24) is 0 Å². The summed E-state index contributed by atoms with van der Waals surface area (Å²) in [6, 6.07) is 0. The fourth-order valence-corrected chi connectivity index (χ4v) is 3.49. The van der Waals surface area contributed by atoms with Gasteiger partial charge in [0.2, 0.25) is 0 Å². The largest absolute Gasteiger partial charge is 0.0654 e. The summed E-state index contributed by atoms with van der Waals surface area (Å²) >= 11 is 0. The van der Waals surface area contributed by atoms with Gasteiger partial charge in [-0.1, -0.05) is 118 Å². The number of hydrogen-bond acceptors (Lipinski definition) is 0. The van der Waals surface area contributed by atoms with E-state index in [1.54, 1.807) is 0 Å². The Hall–Kier alpha value is 0. The summed E-state index contributed by atoms with van der Waals surface area (Å²) in [7, 11) is 0. The van der Waals surface area contributed by atoms with Crippen LogP contribution in [0.1, 0.15) is 124 Å². The molecule has 21 heavy (non-hydrogen) atoms. The van der Waals surface area contributed by atoms with Gasteiger partial charge in [-0.05, 0) is 18.3 Å². The minimum Gasteiger partial charge on any atom is -0.0654 e. The Balaban J connectivity index is 3.53. The second-order valence-corrected chi connectivity index (χ2v) is 7.37. The van der Waals surface area contributed by atoms with E-state index in [0.29, 0.717) is 0 Å². The molecule has 0 aromatic rings. The average Bonchev–Trinajstić information content (AvgIpc) is 2.49. The van der Waals surface area contributed by atoms with Crippen LogP contribution in [0.25, 0.3) is 0 Å². The van der Waals surface area contributed by atoms with Gasteiger partial charge >= 0.3 is 0 Å². The average molecular weight is 297 g/mol. The maximum Gasteiger partial charge on any atom is -0.0414 e. The van der Waals surface area contributed by atoms with Crippen LogP contribution in [0.5, 0.6) is 0 Å². The zero-order valence-electron chi connectivity index (χ0n) is 15.8. The van der Waals surface area contributed by atoms with Crippen molar-refractivity contribution in [2.24, 2.45) is 11.8 Å². The Morgan fingerprint density at radius 2 is 1.05 bits per heavy atom. The molecule has 0 aliphatic rings. The van der Waals surface area contributed by atoms with Crippen molar-refractivity contribution < 1.29 is 0 Å². The Bertz CT molecular complexity index is 184. The van der Waals surface area contributed by atoms with Gasteiger partial charge in [-0.25, -0.2) is 0 Å². The maximum absolute atomic E-state index is 2.49. The molecule has 0 aromatic heterocycles. The van der Waals surface area contributed by atoms with E-state index in [1.807, 2.05) is 0 Å². The molecule has 0 radical (unpaired) electrons. The molecule has 2 atom stereocenters. The van der Waals surface area contributed by atoms with Crippen LogP contribution in [0.2, 0.25) is 0 Å². The van der Waals surface area contributed by atoms with Gasteiger partial charge in [-0.2, -0.15) is 0 Å². The summed E-state index contributed by atoms with van der Waals surface area (Å²) in [6.07, 6.45) is 21.7. The highest BCUT2D eigenvalue weighted by molar-refractivity contribution is 4.63. The van der Waals surface area contributed by atoms with E-state index >= 15 is 0 Å².